The van der Waals surface area contributed by atoms with Crippen LogP contribution in [0, 0.1) is 0 Å². The number of phenolic OH excluding ortho intramolecular Hbond substituents is 2. The van der Waals surface area contributed by atoms with E-state index in [4.69, 9.17) is 0 Å². The van der Waals surface area contributed by atoms with Gasteiger partial charge in [0, 0.05) is 16.0 Å². The molecule has 0 fully saturated rings. The third kappa shape index (κ3) is 2.71. The molecular weight excluding hydrogens is 232 g/mol. The molecule has 0 saturated heterocycles. The maximum absolute atomic E-state index is 10.4. The van der Waals surface area contributed by atoms with E-state index in [2.05, 4.69) is 12.6 Å². The number of aromatic hydroxyl groups is 2. The van der Waals surface area contributed by atoms with E-state index < -0.39 is 0 Å². The Balaban J connectivity index is 3.67. The van der Waals surface area contributed by atoms with E-state index >= 15 is 0 Å². The fourth-order valence-electron chi connectivity index (χ4n) is 1.93. The van der Waals surface area contributed by atoms with Crippen molar-refractivity contribution in [3.8, 4) is 11.5 Å². The molecule has 0 bridgehead atoms. The zero-order valence-corrected chi connectivity index (χ0v) is 12.3. The predicted octanol–water partition coefficient (Wildman–Crippen LogP) is 3.98. The van der Waals surface area contributed by atoms with Crippen molar-refractivity contribution in [3.63, 3.8) is 0 Å². The van der Waals surface area contributed by atoms with E-state index in [0.717, 1.165) is 5.56 Å². The Morgan fingerprint density at radius 2 is 1.35 bits per heavy atom. The van der Waals surface area contributed by atoms with E-state index in [1.165, 1.54) is 0 Å². The summed E-state index contributed by atoms with van der Waals surface area (Å²) >= 11 is 4.29. The molecule has 96 valence electrons. The molecule has 1 aromatic carbocycles. The molecule has 2 N–H and O–H groups in total. The van der Waals surface area contributed by atoms with Gasteiger partial charge >= 0.3 is 0 Å². The Morgan fingerprint density at radius 3 is 1.71 bits per heavy atom. The molecule has 0 unspecified atom stereocenters. The summed E-state index contributed by atoms with van der Waals surface area (Å²) < 4.78 is 0. The standard InChI is InChI=1S/C14H22O2S/c1-13(2,3)8-7-9(17)12(16)10(11(8)15)14(4,5)6/h7,15-17H,1-6H3. The zero-order valence-electron chi connectivity index (χ0n) is 11.4. The average Bonchev–Trinajstić information content (AvgIpc) is 2.07. The summed E-state index contributed by atoms with van der Waals surface area (Å²) in [4.78, 5) is 0.512. The fraction of sp³-hybridized carbons (Fsp3) is 0.571. The van der Waals surface area contributed by atoms with Gasteiger partial charge in [-0.05, 0) is 16.9 Å². The number of thiol groups is 1. The molecule has 0 aliphatic carbocycles. The van der Waals surface area contributed by atoms with Crippen molar-refractivity contribution in [2.24, 2.45) is 0 Å². The largest absolute Gasteiger partial charge is 0.507 e. The molecule has 0 spiro atoms. The van der Waals surface area contributed by atoms with Crippen LogP contribution in [0.2, 0.25) is 0 Å². The van der Waals surface area contributed by atoms with E-state index in [1.54, 1.807) is 6.07 Å². The molecule has 0 aliphatic rings. The molecule has 0 saturated carbocycles. The van der Waals surface area contributed by atoms with Crippen LogP contribution in [0.5, 0.6) is 11.5 Å². The van der Waals surface area contributed by atoms with Gasteiger partial charge in [0.15, 0.2) is 0 Å². The van der Waals surface area contributed by atoms with Crippen LogP contribution < -0.4 is 0 Å². The van der Waals surface area contributed by atoms with Crippen molar-refractivity contribution in [3.05, 3.63) is 17.2 Å². The summed E-state index contributed by atoms with van der Waals surface area (Å²) in [5.41, 5.74) is 0.863. The SMILES string of the molecule is CC(C)(C)c1cc(S)c(O)c(C(C)(C)C)c1O. The molecule has 0 heterocycles. The minimum atomic E-state index is -0.326. The summed E-state index contributed by atoms with van der Waals surface area (Å²) in [5.74, 6) is 0.256. The van der Waals surface area contributed by atoms with Gasteiger partial charge in [-0.25, -0.2) is 0 Å². The maximum atomic E-state index is 10.4. The van der Waals surface area contributed by atoms with Gasteiger partial charge in [0.1, 0.15) is 11.5 Å². The highest BCUT2D eigenvalue weighted by molar-refractivity contribution is 7.80. The van der Waals surface area contributed by atoms with Crippen molar-refractivity contribution in [1.29, 1.82) is 0 Å². The molecule has 0 aromatic heterocycles. The van der Waals surface area contributed by atoms with Crippen LogP contribution in [-0.2, 0) is 10.8 Å². The number of hydrogen-bond acceptors (Lipinski definition) is 3. The Bertz CT molecular complexity index is 437. The minimum absolute atomic E-state index is 0.0753. The molecule has 17 heavy (non-hydrogen) atoms. The van der Waals surface area contributed by atoms with E-state index in [1.807, 2.05) is 41.5 Å². The van der Waals surface area contributed by atoms with Crippen LogP contribution in [0.3, 0.4) is 0 Å². The zero-order chi connectivity index (χ0) is 13.6. The van der Waals surface area contributed by atoms with E-state index in [-0.39, 0.29) is 22.3 Å². The first-order chi connectivity index (χ1) is 7.46. The lowest BCUT2D eigenvalue weighted by Gasteiger charge is -2.28. The van der Waals surface area contributed by atoms with Crippen molar-refractivity contribution in [1.82, 2.24) is 0 Å². The van der Waals surface area contributed by atoms with Gasteiger partial charge in [-0.15, -0.1) is 12.6 Å². The van der Waals surface area contributed by atoms with Gasteiger partial charge in [0.2, 0.25) is 0 Å². The first-order valence-corrected chi connectivity index (χ1v) is 6.20. The molecule has 0 aliphatic heterocycles. The van der Waals surface area contributed by atoms with Gasteiger partial charge in [-0.1, -0.05) is 41.5 Å². The maximum Gasteiger partial charge on any atom is 0.136 e. The van der Waals surface area contributed by atoms with Crippen LogP contribution in [0.4, 0.5) is 0 Å². The highest BCUT2D eigenvalue weighted by Crippen LogP contribution is 2.46. The van der Waals surface area contributed by atoms with Crippen LogP contribution in [0.1, 0.15) is 52.7 Å². The number of hydrogen-bond donors (Lipinski definition) is 3. The van der Waals surface area contributed by atoms with Gasteiger partial charge < -0.3 is 10.2 Å². The van der Waals surface area contributed by atoms with Crippen molar-refractivity contribution < 1.29 is 10.2 Å². The Hall–Kier alpha value is -0.830. The van der Waals surface area contributed by atoms with Crippen LogP contribution in [0.25, 0.3) is 0 Å². The molecule has 3 heteroatoms. The number of benzene rings is 1. The van der Waals surface area contributed by atoms with Crippen molar-refractivity contribution in [2.45, 2.75) is 57.3 Å². The van der Waals surface area contributed by atoms with E-state index in [9.17, 15) is 10.2 Å². The average molecular weight is 254 g/mol. The van der Waals surface area contributed by atoms with Gasteiger partial charge in [-0.2, -0.15) is 0 Å². The van der Waals surface area contributed by atoms with Gasteiger partial charge in [0.05, 0.1) is 0 Å². The Labute approximate surface area is 109 Å². The van der Waals surface area contributed by atoms with Crippen LogP contribution in [0.15, 0.2) is 11.0 Å². The molecule has 2 nitrogen and oxygen atoms in total. The molecule has 0 atom stereocenters. The van der Waals surface area contributed by atoms with E-state index in [0.29, 0.717) is 10.5 Å². The fourth-order valence-corrected chi connectivity index (χ4v) is 2.17. The van der Waals surface area contributed by atoms with Gasteiger partial charge in [-0.3, -0.25) is 0 Å². The summed E-state index contributed by atoms with van der Waals surface area (Å²) in [5, 5.41) is 20.4. The predicted molar refractivity (Wildman–Crippen MR) is 74.4 cm³/mol. The first-order valence-electron chi connectivity index (χ1n) is 5.75. The molecule has 0 amide bonds. The minimum Gasteiger partial charge on any atom is -0.507 e. The monoisotopic (exact) mass is 254 g/mol. The first kappa shape index (κ1) is 14.2. The quantitative estimate of drug-likeness (QED) is 0.613. The lowest BCUT2D eigenvalue weighted by Crippen LogP contribution is -2.17. The Kier molecular flexibility index (Phi) is 3.45. The normalized spacial score (nSPS) is 12.9. The summed E-state index contributed by atoms with van der Waals surface area (Å²) in [6.45, 7) is 12.0. The molecular formula is C14H22O2S. The molecule has 0 radical (unpaired) electrons. The summed E-state index contributed by atoms with van der Waals surface area (Å²) in [6, 6.07) is 1.74. The second kappa shape index (κ2) is 4.13. The third-order valence-electron chi connectivity index (χ3n) is 2.81. The molecule has 1 rings (SSSR count). The lowest BCUT2D eigenvalue weighted by molar-refractivity contribution is 0.390. The topological polar surface area (TPSA) is 40.5 Å². The second-order valence-corrected chi connectivity index (χ2v) is 7.00. The lowest BCUT2D eigenvalue weighted by atomic mass is 9.79. The summed E-state index contributed by atoms with van der Waals surface area (Å²) in [6.07, 6.45) is 0. The highest BCUT2D eigenvalue weighted by atomic mass is 32.1. The summed E-state index contributed by atoms with van der Waals surface area (Å²) in [7, 11) is 0. The highest BCUT2D eigenvalue weighted by Gasteiger charge is 2.29. The number of phenols is 2. The smallest absolute Gasteiger partial charge is 0.136 e. The Morgan fingerprint density at radius 1 is 0.882 bits per heavy atom. The molecule has 1 aromatic rings. The number of rotatable bonds is 0. The van der Waals surface area contributed by atoms with Crippen LogP contribution >= 0.6 is 12.6 Å². The van der Waals surface area contributed by atoms with Crippen molar-refractivity contribution in [2.75, 3.05) is 0 Å². The van der Waals surface area contributed by atoms with Gasteiger partial charge in [0.25, 0.3) is 0 Å². The third-order valence-corrected chi connectivity index (χ3v) is 3.15. The second-order valence-electron chi connectivity index (χ2n) is 6.52. The van der Waals surface area contributed by atoms with Crippen molar-refractivity contribution >= 4 is 12.6 Å². The van der Waals surface area contributed by atoms with Crippen LogP contribution in [-0.4, -0.2) is 10.2 Å².